The topological polar surface area (TPSA) is 88.8 Å². The van der Waals surface area contributed by atoms with E-state index in [1.807, 2.05) is 12.1 Å². The van der Waals surface area contributed by atoms with E-state index >= 15 is 0 Å². The number of anilines is 2. The Hall–Kier alpha value is -2.36. The average molecular weight is 405 g/mol. The van der Waals surface area contributed by atoms with Crippen LogP contribution in [0.15, 0.2) is 47.4 Å². The summed E-state index contributed by atoms with van der Waals surface area (Å²) in [5.74, 6) is 0.795. The summed E-state index contributed by atoms with van der Waals surface area (Å²) < 4.78 is 29.3. The van der Waals surface area contributed by atoms with Gasteiger partial charge in [0.1, 0.15) is 11.3 Å². The second-order valence-corrected chi connectivity index (χ2v) is 8.89. The van der Waals surface area contributed by atoms with E-state index in [0.717, 1.165) is 53.0 Å². The lowest BCUT2D eigenvalue weighted by Gasteiger charge is -2.36. The van der Waals surface area contributed by atoms with Crippen molar-refractivity contribution in [1.82, 2.24) is 4.98 Å². The van der Waals surface area contributed by atoms with Gasteiger partial charge in [0.15, 0.2) is 5.13 Å². The molecule has 4 rings (SSSR count). The van der Waals surface area contributed by atoms with Crippen LogP contribution in [-0.2, 0) is 10.0 Å². The minimum Gasteiger partial charge on any atom is -0.494 e. The molecule has 7 nitrogen and oxygen atoms in total. The Morgan fingerprint density at radius 2 is 1.70 bits per heavy atom. The number of piperazine rings is 1. The Balaban J connectivity index is 1.47. The second-order valence-electron chi connectivity index (χ2n) is 6.32. The van der Waals surface area contributed by atoms with Gasteiger partial charge in [-0.05, 0) is 36.4 Å². The molecular weight excluding hydrogens is 384 g/mol. The van der Waals surface area contributed by atoms with E-state index in [1.54, 1.807) is 42.7 Å². The van der Waals surface area contributed by atoms with Crippen LogP contribution in [0.25, 0.3) is 10.2 Å². The number of hydrogen-bond acceptors (Lipinski definition) is 7. The van der Waals surface area contributed by atoms with Gasteiger partial charge in [-0.1, -0.05) is 17.4 Å². The van der Waals surface area contributed by atoms with E-state index in [4.69, 9.17) is 14.9 Å². The lowest BCUT2D eigenvalue weighted by molar-refractivity contribution is 0.419. The molecule has 0 aliphatic carbocycles. The van der Waals surface area contributed by atoms with E-state index in [9.17, 15) is 8.42 Å². The molecular formula is C18H20N4O3S2. The number of nitrogens with zero attached hydrogens (tertiary/aromatic N) is 3. The zero-order valence-corrected chi connectivity index (χ0v) is 16.5. The molecule has 2 aromatic carbocycles. The van der Waals surface area contributed by atoms with Crippen LogP contribution in [0.3, 0.4) is 0 Å². The van der Waals surface area contributed by atoms with Crippen molar-refractivity contribution in [2.24, 2.45) is 5.14 Å². The highest BCUT2D eigenvalue weighted by Crippen LogP contribution is 2.34. The highest BCUT2D eigenvalue weighted by Gasteiger charge is 2.21. The van der Waals surface area contributed by atoms with Crippen LogP contribution < -0.4 is 19.7 Å². The summed E-state index contributed by atoms with van der Waals surface area (Å²) in [6, 6.07) is 12.7. The summed E-state index contributed by atoms with van der Waals surface area (Å²) in [5, 5.41) is 6.16. The Labute approximate surface area is 162 Å². The molecule has 0 unspecified atom stereocenters. The summed E-state index contributed by atoms with van der Waals surface area (Å²) >= 11 is 1.67. The van der Waals surface area contributed by atoms with Gasteiger partial charge in [0.2, 0.25) is 10.0 Å². The van der Waals surface area contributed by atoms with Crippen LogP contribution >= 0.6 is 11.3 Å². The van der Waals surface area contributed by atoms with Crippen LogP contribution in [-0.4, -0.2) is 46.7 Å². The van der Waals surface area contributed by atoms with Crippen molar-refractivity contribution >= 4 is 42.4 Å². The van der Waals surface area contributed by atoms with E-state index in [-0.39, 0.29) is 4.90 Å². The van der Waals surface area contributed by atoms with Crippen molar-refractivity contribution in [3.8, 4) is 5.75 Å². The largest absolute Gasteiger partial charge is 0.494 e. The Bertz CT molecular complexity index is 1060. The molecule has 0 amide bonds. The number of fused-ring (bicyclic) bond motifs is 1. The predicted molar refractivity (Wildman–Crippen MR) is 108 cm³/mol. The van der Waals surface area contributed by atoms with Gasteiger partial charge in [-0.2, -0.15) is 0 Å². The summed E-state index contributed by atoms with van der Waals surface area (Å²) in [5.41, 5.74) is 1.90. The highest BCUT2D eigenvalue weighted by atomic mass is 32.2. The Morgan fingerprint density at radius 1 is 1.04 bits per heavy atom. The van der Waals surface area contributed by atoms with E-state index < -0.39 is 10.0 Å². The highest BCUT2D eigenvalue weighted by molar-refractivity contribution is 7.89. The molecule has 2 N–H and O–H groups in total. The summed E-state index contributed by atoms with van der Waals surface area (Å²) in [6.45, 7) is 3.36. The molecule has 1 aliphatic rings. The number of thiazole rings is 1. The number of aromatic nitrogens is 1. The number of hydrogen-bond donors (Lipinski definition) is 1. The lowest BCUT2D eigenvalue weighted by atomic mass is 10.2. The molecule has 3 aromatic rings. The quantitative estimate of drug-likeness (QED) is 0.718. The zero-order valence-electron chi connectivity index (χ0n) is 14.8. The molecule has 9 heteroatoms. The first-order valence-corrected chi connectivity index (χ1v) is 10.9. The van der Waals surface area contributed by atoms with Crippen LogP contribution in [0.1, 0.15) is 0 Å². The van der Waals surface area contributed by atoms with Crippen molar-refractivity contribution in [2.45, 2.75) is 4.90 Å². The molecule has 0 radical (unpaired) electrons. The van der Waals surface area contributed by atoms with Crippen LogP contribution in [0, 0.1) is 0 Å². The molecule has 0 atom stereocenters. The van der Waals surface area contributed by atoms with Gasteiger partial charge >= 0.3 is 0 Å². The van der Waals surface area contributed by atoms with E-state index in [2.05, 4.69) is 15.9 Å². The van der Waals surface area contributed by atoms with Gasteiger partial charge < -0.3 is 14.5 Å². The maximum Gasteiger partial charge on any atom is 0.238 e. The molecule has 1 aromatic heterocycles. The van der Waals surface area contributed by atoms with Gasteiger partial charge in [0.25, 0.3) is 0 Å². The Morgan fingerprint density at radius 3 is 2.33 bits per heavy atom. The maximum atomic E-state index is 11.4. The molecule has 1 aliphatic heterocycles. The average Bonchev–Trinajstić information content (AvgIpc) is 3.12. The second kappa shape index (κ2) is 6.99. The zero-order chi connectivity index (χ0) is 19.0. The number of para-hydroxylation sites is 1. The number of benzene rings is 2. The Kier molecular flexibility index (Phi) is 4.67. The number of sulfonamides is 1. The predicted octanol–water partition coefficient (Wildman–Crippen LogP) is 2.28. The fourth-order valence-corrected chi connectivity index (χ4v) is 4.76. The van der Waals surface area contributed by atoms with Gasteiger partial charge in [-0.25, -0.2) is 18.5 Å². The van der Waals surface area contributed by atoms with Crippen molar-refractivity contribution in [3.63, 3.8) is 0 Å². The molecule has 142 valence electrons. The molecule has 0 spiro atoms. The monoisotopic (exact) mass is 404 g/mol. The van der Waals surface area contributed by atoms with Crippen molar-refractivity contribution in [3.05, 3.63) is 42.5 Å². The summed E-state index contributed by atoms with van der Waals surface area (Å²) in [4.78, 5) is 9.41. The summed E-state index contributed by atoms with van der Waals surface area (Å²) in [6.07, 6.45) is 0. The maximum absolute atomic E-state index is 11.4. The first-order valence-electron chi connectivity index (χ1n) is 8.52. The van der Waals surface area contributed by atoms with Crippen LogP contribution in [0.4, 0.5) is 10.8 Å². The number of nitrogens with two attached hydrogens (primary N) is 1. The van der Waals surface area contributed by atoms with Crippen molar-refractivity contribution < 1.29 is 13.2 Å². The SMILES string of the molecule is COc1cccc2sc(N3CCN(c4ccc(S(N)(=O)=O)cc4)CC3)nc12. The van der Waals surface area contributed by atoms with Crippen LogP contribution in [0.2, 0.25) is 0 Å². The third-order valence-electron chi connectivity index (χ3n) is 4.67. The normalized spacial score (nSPS) is 15.3. The number of rotatable bonds is 4. The molecule has 27 heavy (non-hydrogen) atoms. The number of methoxy groups -OCH3 is 1. The van der Waals surface area contributed by atoms with Crippen LogP contribution in [0.5, 0.6) is 5.75 Å². The standard InChI is InChI=1S/C18H20N4O3S2/c1-25-15-3-2-4-16-17(15)20-18(26-16)22-11-9-21(10-12-22)13-5-7-14(8-6-13)27(19,23)24/h2-8H,9-12H2,1H3,(H2,19,23,24). The third kappa shape index (κ3) is 3.58. The minimum atomic E-state index is -3.66. The van der Waals surface area contributed by atoms with Crippen molar-refractivity contribution in [2.75, 3.05) is 43.1 Å². The van der Waals surface area contributed by atoms with Gasteiger partial charge in [0.05, 0.1) is 16.7 Å². The number of ether oxygens (including phenoxy) is 1. The van der Waals surface area contributed by atoms with Crippen molar-refractivity contribution in [1.29, 1.82) is 0 Å². The first kappa shape index (κ1) is 18.0. The van der Waals surface area contributed by atoms with E-state index in [0.29, 0.717) is 0 Å². The van der Waals surface area contributed by atoms with Gasteiger partial charge in [-0.15, -0.1) is 0 Å². The van der Waals surface area contributed by atoms with Gasteiger partial charge in [-0.3, -0.25) is 0 Å². The third-order valence-corrected chi connectivity index (χ3v) is 6.68. The molecule has 1 fully saturated rings. The first-order chi connectivity index (χ1) is 13.0. The fourth-order valence-electron chi connectivity index (χ4n) is 3.21. The fraction of sp³-hybridized carbons (Fsp3) is 0.278. The minimum absolute atomic E-state index is 0.133. The molecule has 1 saturated heterocycles. The number of primary sulfonamides is 1. The molecule has 2 heterocycles. The smallest absolute Gasteiger partial charge is 0.238 e. The molecule has 0 saturated carbocycles. The van der Waals surface area contributed by atoms with E-state index in [1.165, 1.54) is 0 Å². The molecule has 0 bridgehead atoms. The summed E-state index contributed by atoms with van der Waals surface area (Å²) in [7, 11) is -2.00. The van der Waals surface area contributed by atoms with Gasteiger partial charge in [0, 0.05) is 31.9 Å². The lowest BCUT2D eigenvalue weighted by Crippen LogP contribution is -2.46.